The maximum Gasteiger partial charge on any atom is 6.00 e. The van der Waals surface area contributed by atoms with Crippen LogP contribution in [0.15, 0.2) is 0 Å². The van der Waals surface area contributed by atoms with Crippen LogP contribution in [0.1, 0.15) is 237 Å². The zero-order valence-corrected chi connectivity index (χ0v) is 42.5. The molecule has 55 heavy (non-hydrogen) atoms. The SMILES string of the molecule is CCCCC(CC)C[O-].CCCCC(CC)C[O-].CCCCC(CC)C[O-].CCCCC(CC)C[O-].CCCCC(CC)C[O-].CCCCC(CC)C[O-].[W+6]. The normalized spacial score (nSPS) is 13.4. The van der Waals surface area contributed by atoms with Crippen LogP contribution in [0.25, 0.3) is 0 Å². The Kier molecular flexibility index (Phi) is 84.4. The van der Waals surface area contributed by atoms with E-state index in [2.05, 4.69) is 83.1 Å². The third-order valence-corrected chi connectivity index (χ3v) is 10.7. The van der Waals surface area contributed by atoms with E-state index in [4.69, 9.17) is 0 Å². The van der Waals surface area contributed by atoms with E-state index in [-0.39, 0.29) is 60.7 Å². The summed E-state index contributed by atoms with van der Waals surface area (Å²) in [7, 11) is 0. The Labute approximate surface area is 362 Å². The molecule has 0 spiro atoms. The summed E-state index contributed by atoms with van der Waals surface area (Å²) < 4.78 is 0. The molecule has 0 aromatic rings. The van der Waals surface area contributed by atoms with Crippen molar-refractivity contribution in [2.75, 3.05) is 39.6 Å². The van der Waals surface area contributed by atoms with E-state index < -0.39 is 0 Å². The summed E-state index contributed by atoms with van der Waals surface area (Å²) in [6, 6.07) is 0. The van der Waals surface area contributed by atoms with Crippen LogP contribution in [0.4, 0.5) is 0 Å². The topological polar surface area (TPSA) is 138 Å². The Morgan fingerprint density at radius 3 is 0.400 bits per heavy atom. The second-order valence-corrected chi connectivity index (χ2v) is 15.5. The fraction of sp³-hybridized carbons (Fsp3) is 1.00. The molecule has 6 unspecified atom stereocenters. The first-order chi connectivity index (χ1) is 26.1. The third-order valence-electron chi connectivity index (χ3n) is 10.7. The summed E-state index contributed by atoms with van der Waals surface area (Å²) in [6.45, 7) is 26.3. The van der Waals surface area contributed by atoms with Crippen molar-refractivity contribution < 1.29 is 51.7 Å². The van der Waals surface area contributed by atoms with Gasteiger partial charge in [-0.3, -0.25) is 0 Å². The molecule has 0 aromatic heterocycles. The van der Waals surface area contributed by atoms with Crippen molar-refractivity contribution in [3.63, 3.8) is 0 Å². The number of rotatable bonds is 30. The van der Waals surface area contributed by atoms with Crippen LogP contribution < -0.4 is 30.6 Å². The predicted molar refractivity (Wildman–Crippen MR) is 229 cm³/mol. The quantitative estimate of drug-likeness (QED) is 0.0704. The van der Waals surface area contributed by atoms with Crippen LogP contribution in [0.5, 0.6) is 0 Å². The molecule has 0 amide bonds. The summed E-state index contributed by atoms with van der Waals surface area (Å²) in [5.41, 5.74) is 0. The van der Waals surface area contributed by atoms with Crippen LogP contribution in [0.3, 0.4) is 0 Å². The molecule has 0 heterocycles. The fourth-order valence-electron chi connectivity index (χ4n) is 5.39. The molecule has 0 aliphatic heterocycles. The van der Waals surface area contributed by atoms with E-state index in [0.29, 0.717) is 35.5 Å². The van der Waals surface area contributed by atoms with Gasteiger partial charge < -0.3 is 30.6 Å². The fourth-order valence-corrected chi connectivity index (χ4v) is 5.39. The Morgan fingerprint density at radius 2 is 0.345 bits per heavy atom. The molecule has 7 heteroatoms. The van der Waals surface area contributed by atoms with E-state index in [9.17, 15) is 30.6 Å². The van der Waals surface area contributed by atoms with Gasteiger partial charge in [-0.25, -0.2) is 0 Å². The van der Waals surface area contributed by atoms with Crippen molar-refractivity contribution in [3.05, 3.63) is 0 Å². The summed E-state index contributed by atoms with van der Waals surface area (Å²) in [5, 5.41) is 62.2. The van der Waals surface area contributed by atoms with Crippen molar-refractivity contribution in [3.8, 4) is 0 Å². The minimum atomic E-state index is 0. The molecule has 0 fully saturated rings. The van der Waals surface area contributed by atoms with Gasteiger partial charge in [-0.1, -0.05) is 273 Å². The van der Waals surface area contributed by atoms with Crippen molar-refractivity contribution in [2.45, 2.75) is 237 Å². The van der Waals surface area contributed by atoms with E-state index in [1.807, 2.05) is 0 Å². The van der Waals surface area contributed by atoms with Gasteiger partial charge in [-0.05, 0) is 0 Å². The van der Waals surface area contributed by atoms with Gasteiger partial charge in [0.1, 0.15) is 0 Å². The Balaban J connectivity index is -0.000000100. The van der Waals surface area contributed by atoms with Crippen molar-refractivity contribution in [1.29, 1.82) is 0 Å². The van der Waals surface area contributed by atoms with Crippen LogP contribution in [-0.4, -0.2) is 39.6 Å². The minimum absolute atomic E-state index is 0. The largest absolute Gasteiger partial charge is 6.00 e. The molecule has 0 saturated carbocycles. The van der Waals surface area contributed by atoms with Gasteiger partial charge in [-0.15, -0.1) is 39.6 Å². The molecule has 6 atom stereocenters. The van der Waals surface area contributed by atoms with Gasteiger partial charge in [0.15, 0.2) is 0 Å². The van der Waals surface area contributed by atoms with Crippen molar-refractivity contribution >= 4 is 0 Å². The van der Waals surface area contributed by atoms with E-state index in [1.165, 1.54) is 77.0 Å². The molecule has 0 aromatic carbocycles. The van der Waals surface area contributed by atoms with Crippen molar-refractivity contribution in [1.82, 2.24) is 0 Å². The summed E-state index contributed by atoms with van der Waals surface area (Å²) in [4.78, 5) is 0. The molecule has 0 radical (unpaired) electrons. The molecule has 0 bridgehead atoms. The molecule has 0 saturated heterocycles. The zero-order chi connectivity index (χ0) is 42.7. The van der Waals surface area contributed by atoms with Gasteiger partial charge in [0.2, 0.25) is 0 Å². The average molecular weight is 959 g/mol. The monoisotopic (exact) mass is 959 g/mol. The number of hydrogen-bond acceptors (Lipinski definition) is 6. The average Bonchev–Trinajstić information content (AvgIpc) is 3.21. The Morgan fingerprint density at radius 1 is 0.236 bits per heavy atom. The van der Waals surface area contributed by atoms with Gasteiger partial charge in [0, 0.05) is 0 Å². The second kappa shape index (κ2) is 66.3. The first-order valence-corrected chi connectivity index (χ1v) is 23.6. The summed E-state index contributed by atoms with van der Waals surface area (Å²) in [6.07, 6.45) is 27.8. The molecule has 6 nitrogen and oxygen atoms in total. The van der Waals surface area contributed by atoms with Crippen LogP contribution in [0.2, 0.25) is 0 Å². The Hall–Kier alpha value is 0.448. The third kappa shape index (κ3) is 63.8. The minimum Gasteiger partial charge on any atom is -0.854 e. The van der Waals surface area contributed by atoms with Gasteiger partial charge in [0.05, 0.1) is 0 Å². The van der Waals surface area contributed by atoms with E-state index >= 15 is 0 Å². The standard InChI is InChI=1S/6C8H17O.W/c6*1-3-5-6-8(4-2)7-9;/h6*8H,3-7H2,1-2H3;/q6*-1;+6. The molecule has 0 aliphatic carbocycles. The summed E-state index contributed by atoms with van der Waals surface area (Å²) >= 11 is 0. The number of hydrogen-bond donors (Lipinski definition) is 0. The van der Waals surface area contributed by atoms with Gasteiger partial charge >= 0.3 is 21.1 Å². The molecule has 336 valence electrons. The smallest absolute Gasteiger partial charge is 0.854 e. The van der Waals surface area contributed by atoms with Crippen molar-refractivity contribution in [2.24, 2.45) is 35.5 Å². The van der Waals surface area contributed by atoms with Gasteiger partial charge in [0.25, 0.3) is 0 Å². The molecule has 0 N–H and O–H groups in total. The van der Waals surface area contributed by atoms with E-state index in [0.717, 1.165) is 77.0 Å². The maximum atomic E-state index is 10.4. The zero-order valence-electron chi connectivity index (χ0n) is 39.5. The summed E-state index contributed by atoms with van der Waals surface area (Å²) in [5.74, 6) is 2.69. The van der Waals surface area contributed by atoms with Crippen LogP contribution in [0, 0.1) is 35.5 Å². The molecular weight excluding hydrogens is 856 g/mol. The van der Waals surface area contributed by atoms with Crippen LogP contribution >= 0.6 is 0 Å². The molecule has 0 aliphatic rings. The van der Waals surface area contributed by atoms with Gasteiger partial charge in [-0.2, -0.15) is 0 Å². The number of unbranched alkanes of at least 4 members (excludes halogenated alkanes) is 6. The molecular formula is C48H102O6W. The molecule has 0 rings (SSSR count). The first-order valence-electron chi connectivity index (χ1n) is 23.6. The Bertz CT molecular complexity index is 422. The predicted octanol–water partition coefficient (Wildman–Crippen LogP) is 9.38. The first kappa shape index (κ1) is 70.0. The van der Waals surface area contributed by atoms with E-state index in [1.54, 1.807) is 0 Å². The second-order valence-electron chi connectivity index (χ2n) is 15.5. The maximum absolute atomic E-state index is 10.4. The van der Waals surface area contributed by atoms with Crippen LogP contribution in [-0.2, 0) is 21.1 Å².